The number of hydrogen-bond acceptors (Lipinski definition) is 2. The SMILES string of the molecule is C[C@H]1CNC[C@@H](n2cccn2)C1. The second-order valence-corrected chi connectivity index (χ2v) is 3.64. The van der Waals surface area contributed by atoms with Gasteiger partial charge in [0.2, 0.25) is 0 Å². The summed E-state index contributed by atoms with van der Waals surface area (Å²) in [6.45, 7) is 4.49. The van der Waals surface area contributed by atoms with Crippen LogP contribution in [-0.2, 0) is 0 Å². The lowest BCUT2D eigenvalue weighted by Crippen LogP contribution is -2.36. The molecule has 1 aromatic heterocycles. The molecule has 12 heavy (non-hydrogen) atoms. The lowest BCUT2D eigenvalue weighted by molar-refractivity contribution is 0.285. The van der Waals surface area contributed by atoms with Gasteiger partial charge in [0.05, 0.1) is 6.04 Å². The molecule has 3 nitrogen and oxygen atoms in total. The minimum absolute atomic E-state index is 0.559. The fourth-order valence-electron chi connectivity index (χ4n) is 1.83. The van der Waals surface area contributed by atoms with Gasteiger partial charge in [0.1, 0.15) is 0 Å². The van der Waals surface area contributed by atoms with Crippen LogP contribution >= 0.6 is 0 Å². The van der Waals surface area contributed by atoms with Crippen LogP contribution in [0.25, 0.3) is 0 Å². The molecule has 0 bridgehead atoms. The summed E-state index contributed by atoms with van der Waals surface area (Å²) in [4.78, 5) is 0. The smallest absolute Gasteiger partial charge is 0.0646 e. The maximum atomic E-state index is 4.25. The van der Waals surface area contributed by atoms with Crippen molar-refractivity contribution >= 4 is 0 Å². The third kappa shape index (κ3) is 1.50. The third-order valence-electron chi connectivity index (χ3n) is 2.45. The van der Waals surface area contributed by atoms with E-state index in [1.807, 2.05) is 18.5 Å². The molecular formula is C9H15N3. The second kappa shape index (κ2) is 3.27. The molecule has 3 heteroatoms. The van der Waals surface area contributed by atoms with E-state index >= 15 is 0 Å². The monoisotopic (exact) mass is 165 g/mol. The quantitative estimate of drug-likeness (QED) is 0.674. The van der Waals surface area contributed by atoms with Crippen LogP contribution < -0.4 is 5.32 Å². The zero-order valence-electron chi connectivity index (χ0n) is 7.40. The summed E-state index contributed by atoms with van der Waals surface area (Å²) in [6, 6.07) is 2.54. The van der Waals surface area contributed by atoms with Crippen LogP contribution in [0.1, 0.15) is 19.4 Å². The van der Waals surface area contributed by atoms with E-state index in [4.69, 9.17) is 0 Å². The minimum atomic E-state index is 0.559. The molecule has 66 valence electrons. The molecule has 1 aliphatic rings. The van der Waals surface area contributed by atoms with Gasteiger partial charge in [-0.2, -0.15) is 5.10 Å². The van der Waals surface area contributed by atoms with Crippen LogP contribution in [0.15, 0.2) is 18.5 Å². The van der Waals surface area contributed by atoms with Crippen LogP contribution in [0.5, 0.6) is 0 Å². The van der Waals surface area contributed by atoms with Crippen molar-refractivity contribution in [3.05, 3.63) is 18.5 Å². The van der Waals surface area contributed by atoms with Crippen LogP contribution in [0.4, 0.5) is 0 Å². The van der Waals surface area contributed by atoms with Crippen LogP contribution in [-0.4, -0.2) is 22.9 Å². The highest BCUT2D eigenvalue weighted by Crippen LogP contribution is 2.19. The van der Waals surface area contributed by atoms with Gasteiger partial charge in [0.15, 0.2) is 0 Å². The van der Waals surface area contributed by atoms with Crippen molar-refractivity contribution in [3.8, 4) is 0 Å². The molecule has 2 heterocycles. The zero-order chi connectivity index (χ0) is 8.39. The molecule has 0 saturated carbocycles. The van der Waals surface area contributed by atoms with Crippen molar-refractivity contribution in [2.75, 3.05) is 13.1 Å². The molecular weight excluding hydrogens is 150 g/mol. The Bertz CT molecular complexity index is 230. The Morgan fingerprint density at radius 2 is 2.42 bits per heavy atom. The Kier molecular flexibility index (Phi) is 2.13. The Balaban J connectivity index is 2.04. The maximum Gasteiger partial charge on any atom is 0.0646 e. The van der Waals surface area contributed by atoms with Gasteiger partial charge < -0.3 is 5.32 Å². The molecule has 0 amide bonds. The first-order chi connectivity index (χ1) is 5.86. The van der Waals surface area contributed by atoms with Crippen molar-refractivity contribution in [3.63, 3.8) is 0 Å². The van der Waals surface area contributed by atoms with Crippen LogP contribution in [0.2, 0.25) is 0 Å². The van der Waals surface area contributed by atoms with Gasteiger partial charge in [-0.05, 0) is 24.9 Å². The van der Waals surface area contributed by atoms with Crippen molar-refractivity contribution in [1.29, 1.82) is 0 Å². The molecule has 2 rings (SSSR count). The molecule has 0 aliphatic carbocycles. The van der Waals surface area contributed by atoms with Gasteiger partial charge in [-0.1, -0.05) is 6.92 Å². The molecule has 0 aromatic carbocycles. The van der Waals surface area contributed by atoms with Gasteiger partial charge >= 0.3 is 0 Å². The zero-order valence-corrected chi connectivity index (χ0v) is 7.40. The van der Waals surface area contributed by atoms with E-state index in [2.05, 4.69) is 22.0 Å². The first-order valence-corrected chi connectivity index (χ1v) is 4.56. The summed E-state index contributed by atoms with van der Waals surface area (Å²) in [5.74, 6) is 0.771. The standard InChI is InChI=1S/C9H15N3/c1-8-5-9(7-10-6-8)12-4-2-3-11-12/h2-4,8-10H,5-7H2,1H3/t8-,9+/m1/s1. The Labute approximate surface area is 72.8 Å². The largest absolute Gasteiger partial charge is 0.314 e. The molecule has 1 N–H and O–H groups in total. The predicted molar refractivity (Wildman–Crippen MR) is 47.9 cm³/mol. The van der Waals surface area contributed by atoms with Crippen LogP contribution in [0, 0.1) is 5.92 Å². The van der Waals surface area contributed by atoms with Crippen molar-refractivity contribution in [2.45, 2.75) is 19.4 Å². The topological polar surface area (TPSA) is 29.9 Å². The molecule has 1 saturated heterocycles. The minimum Gasteiger partial charge on any atom is -0.314 e. The first-order valence-electron chi connectivity index (χ1n) is 4.56. The highest BCUT2D eigenvalue weighted by Gasteiger charge is 2.19. The highest BCUT2D eigenvalue weighted by atomic mass is 15.3. The van der Waals surface area contributed by atoms with Gasteiger partial charge in [-0.3, -0.25) is 4.68 Å². The summed E-state index contributed by atoms with van der Waals surface area (Å²) in [6.07, 6.45) is 5.14. The summed E-state index contributed by atoms with van der Waals surface area (Å²) >= 11 is 0. The molecule has 2 atom stereocenters. The maximum absolute atomic E-state index is 4.25. The lowest BCUT2D eigenvalue weighted by atomic mass is 9.98. The molecule has 0 spiro atoms. The van der Waals surface area contributed by atoms with Gasteiger partial charge in [0, 0.05) is 18.9 Å². The summed E-state index contributed by atoms with van der Waals surface area (Å²) in [7, 11) is 0. The van der Waals surface area contributed by atoms with Crippen molar-refractivity contribution in [1.82, 2.24) is 15.1 Å². The number of aromatic nitrogens is 2. The van der Waals surface area contributed by atoms with E-state index < -0.39 is 0 Å². The Morgan fingerprint density at radius 1 is 1.50 bits per heavy atom. The average Bonchev–Trinajstić information content (AvgIpc) is 2.56. The third-order valence-corrected chi connectivity index (χ3v) is 2.45. The van der Waals surface area contributed by atoms with Gasteiger partial charge in [-0.15, -0.1) is 0 Å². The number of hydrogen-bond donors (Lipinski definition) is 1. The van der Waals surface area contributed by atoms with Gasteiger partial charge in [0.25, 0.3) is 0 Å². The van der Waals surface area contributed by atoms with Crippen molar-refractivity contribution in [2.24, 2.45) is 5.92 Å². The molecule has 1 aromatic rings. The van der Waals surface area contributed by atoms with E-state index in [-0.39, 0.29) is 0 Å². The normalized spacial score (nSPS) is 30.4. The Morgan fingerprint density at radius 3 is 3.08 bits per heavy atom. The summed E-state index contributed by atoms with van der Waals surface area (Å²) in [5, 5.41) is 7.66. The molecule has 1 fully saturated rings. The average molecular weight is 165 g/mol. The fourth-order valence-corrected chi connectivity index (χ4v) is 1.83. The first kappa shape index (κ1) is 7.80. The lowest BCUT2D eigenvalue weighted by Gasteiger charge is -2.27. The Hall–Kier alpha value is -0.830. The van der Waals surface area contributed by atoms with E-state index in [0.717, 1.165) is 19.0 Å². The van der Waals surface area contributed by atoms with E-state index in [9.17, 15) is 0 Å². The van der Waals surface area contributed by atoms with E-state index in [0.29, 0.717) is 6.04 Å². The summed E-state index contributed by atoms with van der Waals surface area (Å²) < 4.78 is 2.06. The van der Waals surface area contributed by atoms with Crippen LogP contribution in [0.3, 0.4) is 0 Å². The van der Waals surface area contributed by atoms with Crippen molar-refractivity contribution < 1.29 is 0 Å². The molecule has 0 radical (unpaired) electrons. The number of nitrogens with zero attached hydrogens (tertiary/aromatic N) is 2. The second-order valence-electron chi connectivity index (χ2n) is 3.64. The number of rotatable bonds is 1. The molecule has 1 aliphatic heterocycles. The van der Waals surface area contributed by atoms with E-state index in [1.54, 1.807) is 0 Å². The highest BCUT2D eigenvalue weighted by molar-refractivity contribution is 4.85. The fraction of sp³-hybridized carbons (Fsp3) is 0.667. The van der Waals surface area contributed by atoms with Gasteiger partial charge in [-0.25, -0.2) is 0 Å². The number of nitrogens with one attached hydrogen (secondary N) is 1. The van der Waals surface area contributed by atoms with E-state index in [1.165, 1.54) is 6.42 Å². The summed E-state index contributed by atoms with van der Waals surface area (Å²) in [5.41, 5.74) is 0. The predicted octanol–water partition coefficient (Wildman–Crippen LogP) is 1.05. The molecule has 0 unspecified atom stereocenters. The number of piperidine rings is 1.